The smallest absolute Gasteiger partial charge is 0.345 e. The molecule has 2 aromatic rings. The summed E-state index contributed by atoms with van der Waals surface area (Å²) in [6.45, 7) is 2.14. The predicted molar refractivity (Wildman–Crippen MR) is 120 cm³/mol. The Kier molecular flexibility index (Phi) is 7.84. The SMILES string of the molecule is CCOc1cc([N+](=O)[O-])c(C(=O)OCC(=O)c2ccc(S(=O)(=O)N3CCCC3)cc2)cc1OC. The van der Waals surface area contributed by atoms with Crippen LogP contribution in [0.25, 0.3) is 0 Å². The van der Waals surface area contributed by atoms with Crippen LogP contribution in [-0.4, -0.2) is 62.8 Å². The fourth-order valence-corrected chi connectivity index (χ4v) is 4.99. The lowest BCUT2D eigenvalue weighted by atomic mass is 10.1. The first-order chi connectivity index (χ1) is 16.2. The molecule has 2 aromatic carbocycles. The Morgan fingerprint density at radius 3 is 2.29 bits per heavy atom. The number of rotatable bonds is 10. The van der Waals surface area contributed by atoms with Gasteiger partial charge in [-0.15, -0.1) is 0 Å². The maximum Gasteiger partial charge on any atom is 0.345 e. The van der Waals surface area contributed by atoms with Crippen LogP contribution < -0.4 is 9.47 Å². The Morgan fingerprint density at radius 1 is 1.09 bits per heavy atom. The van der Waals surface area contributed by atoms with E-state index in [9.17, 15) is 28.1 Å². The number of nitro groups is 1. The van der Waals surface area contributed by atoms with Crippen molar-refractivity contribution < 1.29 is 37.1 Å². The van der Waals surface area contributed by atoms with Gasteiger partial charge in [0, 0.05) is 24.7 Å². The van der Waals surface area contributed by atoms with Crippen LogP contribution in [0.5, 0.6) is 11.5 Å². The number of hydrogen-bond acceptors (Lipinski definition) is 9. The van der Waals surface area contributed by atoms with E-state index in [-0.39, 0.29) is 28.6 Å². The lowest BCUT2D eigenvalue weighted by Gasteiger charge is -2.15. The van der Waals surface area contributed by atoms with Crippen LogP contribution in [-0.2, 0) is 14.8 Å². The summed E-state index contributed by atoms with van der Waals surface area (Å²) in [7, 11) is -2.30. The molecule has 0 radical (unpaired) electrons. The van der Waals surface area contributed by atoms with Crippen molar-refractivity contribution in [3.8, 4) is 11.5 Å². The molecule has 0 unspecified atom stereocenters. The summed E-state index contributed by atoms with van der Waals surface area (Å²) in [6.07, 6.45) is 1.61. The highest BCUT2D eigenvalue weighted by Crippen LogP contribution is 2.35. The van der Waals surface area contributed by atoms with Gasteiger partial charge in [0.25, 0.3) is 5.69 Å². The summed E-state index contributed by atoms with van der Waals surface area (Å²) >= 11 is 0. The zero-order valence-corrected chi connectivity index (χ0v) is 19.5. The second-order valence-corrected chi connectivity index (χ2v) is 9.28. The van der Waals surface area contributed by atoms with Gasteiger partial charge < -0.3 is 14.2 Å². The molecule has 0 aromatic heterocycles. The number of ether oxygens (including phenoxy) is 3. The van der Waals surface area contributed by atoms with E-state index in [0.29, 0.717) is 13.1 Å². The number of hydrogen-bond donors (Lipinski definition) is 0. The van der Waals surface area contributed by atoms with E-state index in [2.05, 4.69) is 0 Å². The minimum atomic E-state index is -3.62. The molecule has 1 fully saturated rings. The van der Waals surface area contributed by atoms with Crippen LogP contribution >= 0.6 is 0 Å². The quantitative estimate of drug-likeness (QED) is 0.212. The number of carbonyl (C=O) groups is 2. The Labute approximate surface area is 196 Å². The van der Waals surface area contributed by atoms with Crippen LogP contribution in [0.2, 0.25) is 0 Å². The van der Waals surface area contributed by atoms with E-state index < -0.39 is 44.6 Å². The van der Waals surface area contributed by atoms with E-state index >= 15 is 0 Å². The van der Waals surface area contributed by atoms with E-state index in [1.165, 1.54) is 35.7 Å². The Morgan fingerprint density at radius 2 is 1.74 bits per heavy atom. The van der Waals surface area contributed by atoms with E-state index in [4.69, 9.17) is 14.2 Å². The molecule has 0 aliphatic carbocycles. The van der Waals surface area contributed by atoms with Gasteiger partial charge in [0.15, 0.2) is 23.9 Å². The number of esters is 1. The third-order valence-electron chi connectivity index (χ3n) is 5.21. The molecule has 0 bridgehead atoms. The number of sulfonamides is 1. The number of methoxy groups -OCH3 is 1. The first kappa shape index (κ1) is 25.1. The summed E-state index contributed by atoms with van der Waals surface area (Å²) in [6, 6.07) is 7.49. The normalized spacial score (nSPS) is 13.9. The Bertz CT molecular complexity index is 1190. The molecule has 0 N–H and O–H groups in total. The van der Waals surface area contributed by atoms with E-state index in [0.717, 1.165) is 25.0 Å². The minimum absolute atomic E-state index is 0.0695. The summed E-state index contributed by atoms with van der Waals surface area (Å²) in [5, 5.41) is 11.4. The van der Waals surface area contributed by atoms with Gasteiger partial charge in [0.05, 0.1) is 29.6 Å². The molecule has 0 saturated carbocycles. The second kappa shape index (κ2) is 10.6. The van der Waals surface area contributed by atoms with Gasteiger partial charge in [0.2, 0.25) is 10.0 Å². The third-order valence-corrected chi connectivity index (χ3v) is 7.12. The zero-order valence-electron chi connectivity index (χ0n) is 18.7. The molecule has 1 aliphatic heterocycles. The second-order valence-electron chi connectivity index (χ2n) is 7.35. The monoisotopic (exact) mass is 492 g/mol. The molecule has 182 valence electrons. The van der Waals surface area contributed by atoms with E-state index in [1.54, 1.807) is 6.92 Å². The van der Waals surface area contributed by atoms with E-state index in [1.807, 2.05) is 0 Å². The Hall–Kier alpha value is -3.51. The first-order valence-electron chi connectivity index (χ1n) is 10.5. The Balaban J connectivity index is 1.72. The number of ketones is 1. The van der Waals surface area contributed by atoms with Crippen LogP contribution in [0.3, 0.4) is 0 Å². The van der Waals surface area contributed by atoms with Crippen LogP contribution in [0.15, 0.2) is 41.3 Å². The molecule has 1 heterocycles. The molecule has 0 atom stereocenters. The number of carbonyl (C=O) groups excluding carboxylic acids is 2. The van der Waals surface area contributed by atoms with Crippen molar-refractivity contribution in [2.45, 2.75) is 24.7 Å². The summed E-state index contributed by atoms with van der Waals surface area (Å²) in [5.74, 6) is -1.50. The molecule has 1 aliphatic rings. The molecular weight excluding hydrogens is 468 g/mol. The van der Waals surface area contributed by atoms with Crippen molar-refractivity contribution in [2.75, 3.05) is 33.4 Å². The fourth-order valence-electron chi connectivity index (χ4n) is 3.47. The van der Waals surface area contributed by atoms with Gasteiger partial charge in [-0.2, -0.15) is 4.31 Å². The van der Waals surface area contributed by atoms with Crippen molar-refractivity contribution in [1.29, 1.82) is 0 Å². The zero-order chi connectivity index (χ0) is 24.9. The summed E-state index contributed by atoms with van der Waals surface area (Å²) in [4.78, 5) is 35.7. The molecule has 12 heteroatoms. The fraction of sp³-hybridized carbons (Fsp3) is 0.364. The maximum atomic E-state index is 12.6. The van der Waals surface area contributed by atoms with Gasteiger partial charge in [-0.3, -0.25) is 14.9 Å². The lowest BCUT2D eigenvalue weighted by Crippen LogP contribution is -2.27. The highest BCUT2D eigenvalue weighted by atomic mass is 32.2. The van der Waals surface area contributed by atoms with Gasteiger partial charge in [-0.25, -0.2) is 13.2 Å². The molecule has 1 saturated heterocycles. The highest BCUT2D eigenvalue weighted by molar-refractivity contribution is 7.89. The maximum absolute atomic E-state index is 12.6. The van der Waals surface area contributed by atoms with Gasteiger partial charge in [-0.1, -0.05) is 0 Å². The largest absolute Gasteiger partial charge is 0.493 e. The number of nitrogens with zero attached hydrogens (tertiary/aromatic N) is 2. The summed E-state index contributed by atoms with van der Waals surface area (Å²) in [5.41, 5.74) is -0.824. The molecular formula is C22H24N2O9S. The third kappa shape index (κ3) is 5.34. The van der Waals surface area contributed by atoms with Crippen molar-refractivity contribution >= 4 is 27.5 Å². The molecule has 0 spiro atoms. The number of nitro benzene ring substituents is 1. The number of benzene rings is 2. The standard InChI is InChI=1S/C22H24N2O9S/c1-3-32-21-13-18(24(27)28)17(12-20(21)31-2)22(26)33-14-19(25)15-6-8-16(9-7-15)34(29,30)23-10-4-5-11-23/h6-9,12-13H,3-5,10-11,14H2,1-2H3. The molecule has 3 rings (SSSR count). The van der Waals surface area contributed by atoms with Crippen molar-refractivity contribution in [1.82, 2.24) is 4.31 Å². The highest BCUT2D eigenvalue weighted by Gasteiger charge is 2.28. The van der Waals surface area contributed by atoms with Gasteiger partial charge >= 0.3 is 5.97 Å². The average molecular weight is 493 g/mol. The minimum Gasteiger partial charge on any atom is -0.493 e. The topological polar surface area (TPSA) is 142 Å². The summed E-state index contributed by atoms with van der Waals surface area (Å²) < 4.78 is 42.0. The van der Waals surface area contributed by atoms with Crippen LogP contribution in [0.1, 0.15) is 40.5 Å². The first-order valence-corrected chi connectivity index (χ1v) is 11.9. The van der Waals surface area contributed by atoms with Crippen LogP contribution in [0.4, 0.5) is 5.69 Å². The van der Waals surface area contributed by atoms with Crippen molar-refractivity contribution in [3.63, 3.8) is 0 Å². The molecule has 34 heavy (non-hydrogen) atoms. The molecule has 0 amide bonds. The average Bonchev–Trinajstić information content (AvgIpc) is 3.38. The number of Topliss-reactive ketones (excluding diaryl/α,β-unsaturated/α-hetero) is 1. The predicted octanol–water partition coefficient (Wildman–Crippen LogP) is 2.83. The van der Waals surface area contributed by atoms with Gasteiger partial charge in [0.1, 0.15) is 5.56 Å². The van der Waals surface area contributed by atoms with Crippen LogP contribution in [0, 0.1) is 10.1 Å². The van der Waals surface area contributed by atoms with Crippen molar-refractivity contribution in [2.24, 2.45) is 0 Å². The lowest BCUT2D eigenvalue weighted by molar-refractivity contribution is -0.385. The van der Waals surface area contributed by atoms with Crippen molar-refractivity contribution in [3.05, 3.63) is 57.6 Å². The van der Waals surface area contributed by atoms with Gasteiger partial charge in [-0.05, 0) is 44.0 Å². The molecule has 11 nitrogen and oxygen atoms in total.